The van der Waals surface area contributed by atoms with Crippen LogP contribution < -0.4 is 10.1 Å². The van der Waals surface area contributed by atoms with Gasteiger partial charge in [0.15, 0.2) is 0 Å². The molecule has 1 aliphatic rings. The van der Waals surface area contributed by atoms with Crippen molar-refractivity contribution in [2.24, 2.45) is 0 Å². The lowest BCUT2D eigenvalue weighted by Crippen LogP contribution is -2.26. The summed E-state index contributed by atoms with van der Waals surface area (Å²) in [6.45, 7) is 1.77. The van der Waals surface area contributed by atoms with Crippen molar-refractivity contribution < 1.29 is 18.7 Å². The number of halogens is 1. The monoisotopic (exact) mass is 447 g/mol. The zero-order valence-corrected chi connectivity index (χ0v) is 18.2. The first-order valence-corrected chi connectivity index (χ1v) is 10.6. The number of nitrogens with zero attached hydrogens (tertiary/aromatic N) is 4. The van der Waals surface area contributed by atoms with Crippen molar-refractivity contribution in [1.29, 1.82) is 0 Å². The summed E-state index contributed by atoms with van der Waals surface area (Å²) in [5.74, 6) is -0.372. The van der Waals surface area contributed by atoms with Crippen LogP contribution in [0.2, 0.25) is 0 Å². The summed E-state index contributed by atoms with van der Waals surface area (Å²) in [5.41, 5.74) is 4.23. The van der Waals surface area contributed by atoms with Gasteiger partial charge < -0.3 is 14.8 Å². The van der Waals surface area contributed by atoms with Crippen LogP contribution in [-0.2, 0) is 11.2 Å². The Hall–Kier alpha value is -4.01. The van der Waals surface area contributed by atoms with Gasteiger partial charge in [-0.3, -0.25) is 9.20 Å². The molecule has 1 saturated carbocycles. The maximum Gasteiger partial charge on any atom is 0.254 e. The third-order valence-electron chi connectivity index (χ3n) is 5.78. The van der Waals surface area contributed by atoms with E-state index in [1.54, 1.807) is 43.4 Å². The number of nitrogens with one attached hydrogen (secondary N) is 1. The molecule has 0 unspecified atom stereocenters. The molecule has 5 rings (SSSR count). The molecule has 8 nitrogen and oxygen atoms in total. The van der Waals surface area contributed by atoms with Crippen LogP contribution >= 0.6 is 0 Å². The largest absolute Gasteiger partial charge is 0.496 e. The van der Waals surface area contributed by atoms with Crippen LogP contribution in [0.5, 0.6) is 5.75 Å². The van der Waals surface area contributed by atoms with E-state index in [1.807, 2.05) is 10.6 Å². The number of hydrogen-bond acceptors (Lipinski definition) is 5. The van der Waals surface area contributed by atoms with Gasteiger partial charge in [0.2, 0.25) is 0 Å². The molecule has 0 radical (unpaired) electrons. The molecule has 33 heavy (non-hydrogen) atoms. The van der Waals surface area contributed by atoms with Gasteiger partial charge in [-0.1, -0.05) is 0 Å². The first kappa shape index (κ1) is 20.9. The van der Waals surface area contributed by atoms with E-state index in [0.717, 1.165) is 35.9 Å². The number of rotatable bonds is 7. The molecule has 1 aromatic carbocycles. The van der Waals surface area contributed by atoms with Crippen molar-refractivity contribution in [2.75, 3.05) is 7.11 Å². The highest BCUT2D eigenvalue weighted by Gasteiger charge is 2.26. The fourth-order valence-electron chi connectivity index (χ4n) is 3.85. The zero-order valence-electron chi connectivity index (χ0n) is 18.2. The Kier molecular flexibility index (Phi) is 5.16. The molecule has 0 bridgehead atoms. The highest BCUT2D eigenvalue weighted by atomic mass is 19.1. The first-order valence-electron chi connectivity index (χ1n) is 10.6. The molecule has 0 aliphatic heterocycles. The molecule has 4 aromatic rings. The molecule has 0 saturated heterocycles. The lowest BCUT2D eigenvalue weighted by atomic mass is 10.1. The minimum atomic E-state index is -0.555. The quantitative estimate of drug-likeness (QED) is 0.439. The second-order valence-corrected chi connectivity index (χ2v) is 8.15. The van der Waals surface area contributed by atoms with Crippen LogP contribution in [0.25, 0.3) is 22.6 Å². The maximum atomic E-state index is 14.5. The van der Waals surface area contributed by atoms with E-state index in [-0.39, 0.29) is 18.0 Å². The van der Waals surface area contributed by atoms with Gasteiger partial charge in [-0.2, -0.15) is 5.10 Å². The predicted molar refractivity (Wildman–Crippen MR) is 119 cm³/mol. The third kappa shape index (κ3) is 3.86. The van der Waals surface area contributed by atoms with Crippen molar-refractivity contribution in [3.8, 4) is 22.7 Å². The average Bonchev–Trinajstić information content (AvgIpc) is 3.30. The Labute approximate surface area is 189 Å². The van der Waals surface area contributed by atoms with Crippen molar-refractivity contribution in [2.45, 2.75) is 32.2 Å². The Balaban J connectivity index is 1.53. The van der Waals surface area contributed by atoms with E-state index in [0.29, 0.717) is 22.6 Å². The number of aromatic nitrogens is 4. The number of benzene rings is 1. The number of fused-ring (bicyclic) bond motifs is 1. The number of pyridine rings is 1. The van der Waals surface area contributed by atoms with Gasteiger partial charge in [0.1, 0.15) is 23.5 Å². The molecule has 9 heteroatoms. The minimum Gasteiger partial charge on any atom is -0.496 e. The SMILES string of the molecule is COc1cc2ncc(-c3cnn(-c4cc(C(=O)NC5CC5)c(F)cc4C)c3)n2cc1CC=O. The number of amides is 1. The summed E-state index contributed by atoms with van der Waals surface area (Å²) < 4.78 is 23.4. The van der Waals surface area contributed by atoms with E-state index >= 15 is 0 Å². The molecule has 1 amide bonds. The predicted octanol–water partition coefficient (Wildman–Crippen LogP) is 3.28. The molecular formula is C24H22FN5O3. The minimum absolute atomic E-state index is 0.0000441. The van der Waals surface area contributed by atoms with Gasteiger partial charge in [-0.05, 0) is 37.5 Å². The lowest BCUT2D eigenvalue weighted by molar-refractivity contribution is -0.107. The summed E-state index contributed by atoms with van der Waals surface area (Å²) in [7, 11) is 1.55. The normalized spacial score (nSPS) is 13.3. The third-order valence-corrected chi connectivity index (χ3v) is 5.78. The lowest BCUT2D eigenvalue weighted by Gasteiger charge is -2.11. The molecule has 0 atom stereocenters. The van der Waals surface area contributed by atoms with Gasteiger partial charge >= 0.3 is 0 Å². The Morgan fingerprint density at radius 1 is 1.27 bits per heavy atom. The molecule has 3 aromatic heterocycles. The van der Waals surface area contributed by atoms with E-state index in [1.165, 1.54) is 12.1 Å². The number of aryl methyl sites for hydroxylation is 1. The summed E-state index contributed by atoms with van der Waals surface area (Å²) in [5, 5.41) is 7.27. The number of hydrogen-bond donors (Lipinski definition) is 1. The van der Waals surface area contributed by atoms with Crippen LogP contribution in [0, 0.1) is 12.7 Å². The van der Waals surface area contributed by atoms with Crippen molar-refractivity contribution >= 4 is 17.8 Å². The summed E-state index contributed by atoms with van der Waals surface area (Å²) >= 11 is 0. The number of aldehydes is 1. The molecule has 1 aliphatic carbocycles. The Morgan fingerprint density at radius 2 is 2.09 bits per heavy atom. The van der Waals surface area contributed by atoms with Gasteiger partial charge in [-0.25, -0.2) is 14.1 Å². The van der Waals surface area contributed by atoms with E-state index in [4.69, 9.17) is 4.74 Å². The summed E-state index contributed by atoms with van der Waals surface area (Å²) in [6, 6.07) is 4.79. The second-order valence-electron chi connectivity index (χ2n) is 8.15. The molecule has 1 fully saturated rings. The van der Waals surface area contributed by atoms with Gasteiger partial charge in [0, 0.05) is 42.0 Å². The average molecular weight is 447 g/mol. The van der Waals surface area contributed by atoms with E-state index in [9.17, 15) is 14.0 Å². The summed E-state index contributed by atoms with van der Waals surface area (Å²) in [6.07, 6.45) is 9.92. The second kappa shape index (κ2) is 8.16. The summed E-state index contributed by atoms with van der Waals surface area (Å²) in [4.78, 5) is 28.0. The van der Waals surface area contributed by atoms with Gasteiger partial charge in [0.25, 0.3) is 5.91 Å². The fourth-order valence-corrected chi connectivity index (χ4v) is 3.85. The van der Waals surface area contributed by atoms with Crippen LogP contribution in [0.4, 0.5) is 4.39 Å². The van der Waals surface area contributed by atoms with Crippen molar-refractivity contribution in [1.82, 2.24) is 24.5 Å². The van der Waals surface area contributed by atoms with Crippen LogP contribution in [0.1, 0.15) is 34.3 Å². The fraction of sp³-hybridized carbons (Fsp3) is 0.250. The van der Waals surface area contributed by atoms with E-state index in [2.05, 4.69) is 15.4 Å². The number of imidazole rings is 1. The smallest absolute Gasteiger partial charge is 0.254 e. The molecule has 0 spiro atoms. The van der Waals surface area contributed by atoms with Crippen molar-refractivity contribution in [3.63, 3.8) is 0 Å². The van der Waals surface area contributed by atoms with Crippen LogP contribution in [0.15, 0.2) is 43.0 Å². The van der Waals surface area contributed by atoms with Crippen LogP contribution in [0.3, 0.4) is 0 Å². The van der Waals surface area contributed by atoms with Crippen molar-refractivity contribution in [3.05, 3.63) is 65.5 Å². The number of ether oxygens (including phenoxy) is 1. The first-order chi connectivity index (χ1) is 16.0. The highest BCUT2D eigenvalue weighted by molar-refractivity contribution is 5.95. The Bertz CT molecular complexity index is 1390. The molecule has 168 valence electrons. The topological polar surface area (TPSA) is 90.5 Å². The maximum absolute atomic E-state index is 14.5. The highest BCUT2D eigenvalue weighted by Crippen LogP contribution is 2.28. The Morgan fingerprint density at radius 3 is 2.82 bits per heavy atom. The van der Waals surface area contributed by atoms with E-state index < -0.39 is 11.7 Å². The van der Waals surface area contributed by atoms with Gasteiger partial charge in [-0.15, -0.1) is 0 Å². The molecular weight excluding hydrogens is 425 g/mol. The standard InChI is InChI=1S/C24H22FN5O3/c1-14-7-19(25)18(24(32)28-17-3-4-17)8-20(14)30-13-16(10-27-30)21-11-26-23-9-22(33-2)15(5-6-31)12-29(21)23/h6-13,17H,3-5H2,1-2H3,(H,28,32). The number of carbonyl (C=O) groups is 2. The molecule has 3 heterocycles. The van der Waals surface area contributed by atoms with Crippen LogP contribution in [-0.4, -0.2) is 44.5 Å². The van der Waals surface area contributed by atoms with Gasteiger partial charge in [0.05, 0.1) is 36.4 Å². The number of carbonyl (C=O) groups excluding carboxylic acids is 2. The zero-order chi connectivity index (χ0) is 23.1. The number of methoxy groups -OCH3 is 1. The molecule has 1 N–H and O–H groups in total.